The summed E-state index contributed by atoms with van der Waals surface area (Å²) < 4.78 is 5.23. The highest BCUT2D eigenvalue weighted by Crippen LogP contribution is 2.22. The molecule has 0 amide bonds. The van der Waals surface area contributed by atoms with Crippen molar-refractivity contribution in [3.8, 4) is 0 Å². The molecule has 3 nitrogen and oxygen atoms in total. The highest BCUT2D eigenvalue weighted by molar-refractivity contribution is 6.31. The molecule has 1 rings (SSSR count). The molecule has 0 aliphatic carbocycles. The molecule has 84 valence electrons. The molecule has 0 saturated heterocycles. The van der Waals surface area contributed by atoms with Gasteiger partial charge < -0.3 is 15.8 Å². The van der Waals surface area contributed by atoms with Crippen LogP contribution in [0.2, 0.25) is 5.02 Å². The standard InChI is InChI=1S/C11H17ClN2O/c1-2-15-7-3-6-14-11-8-9(12)4-5-10(11)13/h4-5,8,14H,2-3,6-7,13H2,1H3. The van der Waals surface area contributed by atoms with Gasteiger partial charge in [-0.3, -0.25) is 0 Å². The number of nitrogens with two attached hydrogens (primary N) is 1. The van der Waals surface area contributed by atoms with Crippen molar-refractivity contribution in [1.29, 1.82) is 0 Å². The summed E-state index contributed by atoms with van der Waals surface area (Å²) in [6, 6.07) is 5.41. The maximum absolute atomic E-state index is 5.86. The third-order valence-corrected chi connectivity index (χ3v) is 2.24. The molecule has 0 bridgehead atoms. The SMILES string of the molecule is CCOCCCNc1cc(Cl)ccc1N. The van der Waals surface area contributed by atoms with Crippen LogP contribution >= 0.6 is 11.6 Å². The van der Waals surface area contributed by atoms with E-state index < -0.39 is 0 Å². The monoisotopic (exact) mass is 228 g/mol. The summed E-state index contributed by atoms with van der Waals surface area (Å²) in [6.07, 6.45) is 0.958. The highest BCUT2D eigenvalue weighted by Gasteiger charge is 1.98. The number of nitrogen functional groups attached to an aromatic ring is 1. The minimum absolute atomic E-state index is 0.691. The Bertz CT molecular complexity index is 305. The lowest BCUT2D eigenvalue weighted by molar-refractivity contribution is 0.147. The number of anilines is 2. The first-order chi connectivity index (χ1) is 7.24. The van der Waals surface area contributed by atoms with Crippen LogP contribution in [0.25, 0.3) is 0 Å². The van der Waals surface area contributed by atoms with Gasteiger partial charge >= 0.3 is 0 Å². The predicted octanol–water partition coefficient (Wildman–Crippen LogP) is 2.76. The smallest absolute Gasteiger partial charge is 0.0588 e. The fourth-order valence-electron chi connectivity index (χ4n) is 1.22. The van der Waals surface area contributed by atoms with Gasteiger partial charge in [0.1, 0.15) is 0 Å². The number of hydrogen-bond donors (Lipinski definition) is 2. The number of halogens is 1. The van der Waals surface area contributed by atoms with Crippen LogP contribution in [0, 0.1) is 0 Å². The summed E-state index contributed by atoms with van der Waals surface area (Å²) in [5.41, 5.74) is 7.38. The largest absolute Gasteiger partial charge is 0.397 e. The van der Waals surface area contributed by atoms with Crippen molar-refractivity contribution in [1.82, 2.24) is 0 Å². The van der Waals surface area contributed by atoms with Crippen molar-refractivity contribution in [2.24, 2.45) is 0 Å². The highest BCUT2D eigenvalue weighted by atomic mass is 35.5. The van der Waals surface area contributed by atoms with E-state index in [2.05, 4.69) is 5.32 Å². The summed E-state index contributed by atoms with van der Waals surface area (Å²) in [6.45, 7) is 4.36. The zero-order valence-electron chi connectivity index (χ0n) is 8.92. The van der Waals surface area contributed by atoms with E-state index in [4.69, 9.17) is 22.1 Å². The van der Waals surface area contributed by atoms with Gasteiger partial charge in [0.15, 0.2) is 0 Å². The minimum atomic E-state index is 0.691. The number of rotatable bonds is 6. The van der Waals surface area contributed by atoms with Crippen molar-refractivity contribution in [3.05, 3.63) is 23.2 Å². The summed E-state index contributed by atoms with van der Waals surface area (Å²) in [7, 11) is 0. The van der Waals surface area contributed by atoms with Gasteiger partial charge in [0.2, 0.25) is 0 Å². The van der Waals surface area contributed by atoms with Crippen LogP contribution in [0.4, 0.5) is 11.4 Å². The third-order valence-electron chi connectivity index (χ3n) is 2.00. The van der Waals surface area contributed by atoms with Gasteiger partial charge in [-0.25, -0.2) is 0 Å². The maximum atomic E-state index is 5.86. The molecular formula is C11H17ClN2O. The molecular weight excluding hydrogens is 212 g/mol. The Morgan fingerprint density at radius 2 is 2.27 bits per heavy atom. The van der Waals surface area contributed by atoms with Crippen LogP contribution in [0.3, 0.4) is 0 Å². The normalized spacial score (nSPS) is 10.3. The number of hydrogen-bond acceptors (Lipinski definition) is 3. The Hall–Kier alpha value is -0.930. The molecule has 0 aliphatic heterocycles. The van der Waals surface area contributed by atoms with E-state index in [9.17, 15) is 0 Å². The molecule has 0 fully saturated rings. The fraction of sp³-hybridized carbons (Fsp3) is 0.455. The molecule has 15 heavy (non-hydrogen) atoms. The Labute approximate surface area is 95.6 Å². The molecule has 4 heteroatoms. The zero-order chi connectivity index (χ0) is 11.1. The maximum Gasteiger partial charge on any atom is 0.0588 e. The van der Waals surface area contributed by atoms with Crippen molar-refractivity contribution in [3.63, 3.8) is 0 Å². The van der Waals surface area contributed by atoms with E-state index in [-0.39, 0.29) is 0 Å². The summed E-state index contributed by atoms with van der Waals surface area (Å²) in [4.78, 5) is 0. The quantitative estimate of drug-likeness (QED) is 0.582. The summed E-state index contributed by atoms with van der Waals surface area (Å²) >= 11 is 5.86. The van der Waals surface area contributed by atoms with Crippen LogP contribution in [-0.2, 0) is 4.74 Å². The Morgan fingerprint density at radius 3 is 3.00 bits per heavy atom. The molecule has 0 unspecified atom stereocenters. The van der Waals surface area contributed by atoms with E-state index in [1.807, 2.05) is 13.0 Å². The first-order valence-corrected chi connectivity index (χ1v) is 5.48. The lowest BCUT2D eigenvalue weighted by atomic mass is 10.2. The molecule has 3 N–H and O–H groups in total. The second-order valence-electron chi connectivity index (χ2n) is 3.21. The number of ether oxygens (including phenoxy) is 1. The van der Waals surface area contributed by atoms with E-state index in [1.54, 1.807) is 12.1 Å². The van der Waals surface area contributed by atoms with Crippen molar-refractivity contribution in [2.45, 2.75) is 13.3 Å². The molecule has 0 aliphatic rings. The second kappa shape index (κ2) is 6.53. The first-order valence-electron chi connectivity index (χ1n) is 5.10. The Balaban J connectivity index is 2.33. The lowest BCUT2D eigenvalue weighted by Gasteiger charge is -2.09. The van der Waals surface area contributed by atoms with Crippen LogP contribution in [0.15, 0.2) is 18.2 Å². The average Bonchev–Trinajstić information content (AvgIpc) is 2.23. The van der Waals surface area contributed by atoms with Crippen molar-refractivity contribution < 1.29 is 4.74 Å². The molecule has 0 radical (unpaired) electrons. The molecule has 0 heterocycles. The summed E-state index contributed by atoms with van der Waals surface area (Å²) in [5.74, 6) is 0. The van der Waals surface area contributed by atoms with Gasteiger partial charge in [0, 0.05) is 24.8 Å². The van der Waals surface area contributed by atoms with E-state index in [1.165, 1.54) is 0 Å². The third kappa shape index (κ3) is 4.40. The van der Waals surface area contributed by atoms with Crippen LogP contribution in [0.5, 0.6) is 0 Å². The molecule has 1 aromatic rings. The topological polar surface area (TPSA) is 47.3 Å². The summed E-state index contributed by atoms with van der Waals surface area (Å²) in [5, 5.41) is 3.91. The van der Waals surface area contributed by atoms with E-state index in [0.29, 0.717) is 5.02 Å². The molecule has 1 aromatic carbocycles. The second-order valence-corrected chi connectivity index (χ2v) is 3.65. The van der Waals surface area contributed by atoms with Gasteiger partial charge in [-0.05, 0) is 31.5 Å². The molecule has 0 spiro atoms. The van der Waals surface area contributed by atoms with Gasteiger partial charge in [0.05, 0.1) is 11.4 Å². The van der Waals surface area contributed by atoms with Gasteiger partial charge in [-0.1, -0.05) is 11.6 Å². The van der Waals surface area contributed by atoms with Crippen LogP contribution in [-0.4, -0.2) is 19.8 Å². The van der Waals surface area contributed by atoms with Crippen molar-refractivity contribution in [2.75, 3.05) is 30.8 Å². The number of nitrogens with one attached hydrogen (secondary N) is 1. The average molecular weight is 229 g/mol. The van der Waals surface area contributed by atoms with Crippen LogP contribution in [0.1, 0.15) is 13.3 Å². The molecule has 0 atom stereocenters. The minimum Gasteiger partial charge on any atom is -0.397 e. The lowest BCUT2D eigenvalue weighted by Crippen LogP contribution is -2.07. The van der Waals surface area contributed by atoms with E-state index >= 15 is 0 Å². The van der Waals surface area contributed by atoms with Crippen molar-refractivity contribution >= 4 is 23.0 Å². The molecule has 0 aromatic heterocycles. The van der Waals surface area contributed by atoms with Crippen LogP contribution < -0.4 is 11.1 Å². The first kappa shape index (κ1) is 12.1. The van der Waals surface area contributed by atoms with E-state index in [0.717, 1.165) is 37.6 Å². The van der Waals surface area contributed by atoms with Gasteiger partial charge in [0.25, 0.3) is 0 Å². The van der Waals surface area contributed by atoms with Gasteiger partial charge in [-0.2, -0.15) is 0 Å². The predicted molar refractivity (Wildman–Crippen MR) is 65.5 cm³/mol. The zero-order valence-corrected chi connectivity index (χ0v) is 9.68. The Kier molecular flexibility index (Phi) is 5.29. The Morgan fingerprint density at radius 1 is 1.47 bits per heavy atom. The van der Waals surface area contributed by atoms with Gasteiger partial charge in [-0.15, -0.1) is 0 Å². The molecule has 0 saturated carbocycles. The fourth-order valence-corrected chi connectivity index (χ4v) is 1.40. The number of benzene rings is 1.